The SMILES string of the molecule is COc1ccc([C@@H]2COC(=O)[C@H](C(C)(C)C)N2C(C)=O)cc1. The van der Waals surface area contributed by atoms with Crippen LogP contribution in [-0.4, -0.2) is 36.5 Å². The van der Waals surface area contributed by atoms with Crippen molar-refractivity contribution >= 4 is 11.9 Å². The average Bonchev–Trinajstić information content (AvgIpc) is 2.45. The van der Waals surface area contributed by atoms with Crippen LogP contribution in [0.2, 0.25) is 0 Å². The van der Waals surface area contributed by atoms with Gasteiger partial charge in [-0.25, -0.2) is 4.79 Å². The second kappa shape index (κ2) is 5.99. The van der Waals surface area contributed by atoms with Crippen molar-refractivity contribution in [2.24, 2.45) is 5.41 Å². The van der Waals surface area contributed by atoms with Crippen molar-refractivity contribution in [1.82, 2.24) is 4.90 Å². The minimum atomic E-state index is -0.592. The Morgan fingerprint density at radius 1 is 1.27 bits per heavy atom. The van der Waals surface area contributed by atoms with Crippen molar-refractivity contribution in [3.63, 3.8) is 0 Å². The number of methoxy groups -OCH3 is 1. The molecule has 1 amide bonds. The van der Waals surface area contributed by atoms with Crippen molar-refractivity contribution in [2.45, 2.75) is 39.8 Å². The first kappa shape index (κ1) is 16.3. The molecule has 1 saturated heterocycles. The van der Waals surface area contributed by atoms with Gasteiger partial charge in [0.05, 0.1) is 13.2 Å². The van der Waals surface area contributed by atoms with Gasteiger partial charge < -0.3 is 14.4 Å². The Labute approximate surface area is 131 Å². The van der Waals surface area contributed by atoms with Crippen LogP contribution >= 0.6 is 0 Å². The Hall–Kier alpha value is -2.04. The van der Waals surface area contributed by atoms with Gasteiger partial charge in [-0.3, -0.25) is 4.79 Å². The van der Waals surface area contributed by atoms with E-state index >= 15 is 0 Å². The van der Waals surface area contributed by atoms with Crippen LogP contribution in [-0.2, 0) is 14.3 Å². The Kier molecular flexibility index (Phi) is 4.44. The lowest BCUT2D eigenvalue weighted by Crippen LogP contribution is -2.57. The summed E-state index contributed by atoms with van der Waals surface area (Å²) >= 11 is 0. The van der Waals surface area contributed by atoms with Gasteiger partial charge in [0, 0.05) is 6.92 Å². The zero-order valence-corrected chi connectivity index (χ0v) is 13.8. The highest BCUT2D eigenvalue weighted by Crippen LogP contribution is 2.36. The van der Waals surface area contributed by atoms with Gasteiger partial charge in [0.2, 0.25) is 5.91 Å². The molecule has 2 rings (SSSR count). The van der Waals surface area contributed by atoms with E-state index in [0.29, 0.717) is 0 Å². The molecular formula is C17H23NO4. The maximum absolute atomic E-state index is 12.2. The quantitative estimate of drug-likeness (QED) is 0.788. The van der Waals surface area contributed by atoms with Crippen LogP contribution < -0.4 is 4.74 Å². The van der Waals surface area contributed by atoms with Crippen LogP contribution in [0.5, 0.6) is 5.75 Å². The van der Waals surface area contributed by atoms with E-state index in [2.05, 4.69) is 0 Å². The van der Waals surface area contributed by atoms with Gasteiger partial charge in [-0.1, -0.05) is 32.9 Å². The summed E-state index contributed by atoms with van der Waals surface area (Å²) < 4.78 is 10.5. The molecule has 0 aromatic heterocycles. The molecule has 1 aliphatic heterocycles. The number of nitrogens with zero attached hydrogens (tertiary/aromatic N) is 1. The lowest BCUT2D eigenvalue weighted by Gasteiger charge is -2.45. The van der Waals surface area contributed by atoms with Crippen molar-refractivity contribution < 1.29 is 19.1 Å². The summed E-state index contributed by atoms with van der Waals surface area (Å²) in [6.07, 6.45) is 0. The number of hydrogen-bond acceptors (Lipinski definition) is 4. The number of cyclic esters (lactones) is 1. The molecule has 1 aliphatic rings. The van der Waals surface area contributed by atoms with Gasteiger partial charge in [0.25, 0.3) is 0 Å². The van der Waals surface area contributed by atoms with Crippen molar-refractivity contribution in [1.29, 1.82) is 0 Å². The van der Waals surface area contributed by atoms with E-state index in [1.54, 1.807) is 12.0 Å². The van der Waals surface area contributed by atoms with Crippen LogP contribution in [0.15, 0.2) is 24.3 Å². The Bertz CT molecular complexity index is 559. The summed E-state index contributed by atoms with van der Waals surface area (Å²) in [4.78, 5) is 26.0. The molecule has 0 aliphatic carbocycles. The fourth-order valence-corrected chi connectivity index (χ4v) is 2.87. The third kappa shape index (κ3) is 3.08. The highest BCUT2D eigenvalue weighted by atomic mass is 16.5. The van der Waals surface area contributed by atoms with E-state index in [9.17, 15) is 9.59 Å². The number of carbonyl (C=O) groups excluding carboxylic acids is 2. The summed E-state index contributed by atoms with van der Waals surface area (Å²) in [5.41, 5.74) is 0.534. The number of esters is 1. The summed E-state index contributed by atoms with van der Waals surface area (Å²) in [6.45, 7) is 7.48. The normalized spacial score (nSPS) is 22.2. The molecule has 1 fully saturated rings. The van der Waals surface area contributed by atoms with Gasteiger partial charge in [0.15, 0.2) is 0 Å². The van der Waals surface area contributed by atoms with Gasteiger partial charge in [-0.05, 0) is 23.1 Å². The summed E-state index contributed by atoms with van der Waals surface area (Å²) in [6, 6.07) is 6.62. The maximum Gasteiger partial charge on any atom is 0.329 e. The molecule has 0 N–H and O–H groups in total. The van der Waals surface area contributed by atoms with Crippen molar-refractivity contribution in [2.75, 3.05) is 13.7 Å². The predicted octanol–water partition coefficient (Wildman–Crippen LogP) is 2.56. The van der Waals surface area contributed by atoms with Crippen molar-refractivity contribution in [3.8, 4) is 5.75 Å². The standard InChI is InChI=1S/C17H23NO4/c1-11(19)18-14(12-6-8-13(21-5)9-7-12)10-22-16(20)15(18)17(2,3)4/h6-9,14-15H,10H2,1-5H3/t14-,15+/m0/s1. The van der Waals surface area contributed by atoms with Crippen LogP contribution in [0.3, 0.4) is 0 Å². The van der Waals surface area contributed by atoms with E-state index in [1.807, 2.05) is 45.0 Å². The minimum absolute atomic E-state index is 0.127. The van der Waals surface area contributed by atoms with Crippen LogP contribution in [0, 0.1) is 5.41 Å². The zero-order valence-electron chi connectivity index (χ0n) is 13.8. The summed E-state index contributed by atoms with van der Waals surface area (Å²) in [5.74, 6) is 0.281. The number of amides is 1. The molecule has 1 aromatic rings. The Morgan fingerprint density at radius 2 is 1.86 bits per heavy atom. The van der Waals surface area contributed by atoms with Gasteiger partial charge in [0.1, 0.15) is 18.4 Å². The maximum atomic E-state index is 12.2. The molecule has 0 spiro atoms. The molecule has 2 atom stereocenters. The highest BCUT2D eigenvalue weighted by molar-refractivity contribution is 5.85. The number of carbonyl (C=O) groups is 2. The molecule has 0 bridgehead atoms. The van der Waals surface area contributed by atoms with Gasteiger partial charge >= 0.3 is 5.97 Å². The molecule has 0 saturated carbocycles. The third-order valence-electron chi connectivity index (χ3n) is 3.91. The van der Waals surface area contributed by atoms with Crippen LogP contribution in [0.4, 0.5) is 0 Å². The molecule has 1 aromatic carbocycles. The van der Waals surface area contributed by atoms with E-state index in [-0.39, 0.29) is 24.5 Å². The monoisotopic (exact) mass is 305 g/mol. The molecule has 5 heteroatoms. The fourth-order valence-electron chi connectivity index (χ4n) is 2.87. The first-order chi connectivity index (χ1) is 10.3. The van der Waals surface area contributed by atoms with E-state index < -0.39 is 11.5 Å². The first-order valence-electron chi connectivity index (χ1n) is 7.35. The highest BCUT2D eigenvalue weighted by Gasteiger charge is 2.46. The van der Waals surface area contributed by atoms with Crippen LogP contribution in [0.25, 0.3) is 0 Å². The largest absolute Gasteiger partial charge is 0.497 e. The molecule has 22 heavy (non-hydrogen) atoms. The second-order valence-electron chi connectivity index (χ2n) is 6.61. The number of benzene rings is 1. The molecule has 0 radical (unpaired) electrons. The molecule has 0 unspecified atom stereocenters. The Morgan fingerprint density at radius 3 is 2.32 bits per heavy atom. The second-order valence-corrected chi connectivity index (χ2v) is 6.61. The fraction of sp³-hybridized carbons (Fsp3) is 0.529. The molecular weight excluding hydrogens is 282 g/mol. The smallest absolute Gasteiger partial charge is 0.329 e. The number of morpholine rings is 1. The zero-order chi connectivity index (χ0) is 16.5. The van der Waals surface area contributed by atoms with Crippen LogP contribution in [0.1, 0.15) is 39.3 Å². The number of rotatable bonds is 2. The van der Waals surface area contributed by atoms with Crippen molar-refractivity contribution in [3.05, 3.63) is 29.8 Å². The van der Waals surface area contributed by atoms with E-state index in [0.717, 1.165) is 11.3 Å². The lowest BCUT2D eigenvalue weighted by molar-refractivity contribution is -0.175. The Balaban J connectivity index is 2.40. The average molecular weight is 305 g/mol. The predicted molar refractivity (Wildman–Crippen MR) is 82.5 cm³/mol. The lowest BCUT2D eigenvalue weighted by atomic mass is 9.83. The topological polar surface area (TPSA) is 55.8 Å². The van der Waals surface area contributed by atoms with E-state index in [1.165, 1.54) is 6.92 Å². The van der Waals surface area contributed by atoms with Gasteiger partial charge in [-0.15, -0.1) is 0 Å². The van der Waals surface area contributed by atoms with Gasteiger partial charge in [-0.2, -0.15) is 0 Å². The first-order valence-corrected chi connectivity index (χ1v) is 7.35. The number of hydrogen-bond donors (Lipinski definition) is 0. The number of ether oxygens (including phenoxy) is 2. The minimum Gasteiger partial charge on any atom is -0.497 e. The molecule has 5 nitrogen and oxygen atoms in total. The molecule has 1 heterocycles. The van der Waals surface area contributed by atoms with E-state index in [4.69, 9.17) is 9.47 Å². The third-order valence-corrected chi connectivity index (χ3v) is 3.91. The summed E-state index contributed by atoms with van der Waals surface area (Å²) in [7, 11) is 1.61. The molecule has 120 valence electrons. The summed E-state index contributed by atoms with van der Waals surface area (Å²) in [5, 5.41) is 0.